The first kappa shape index (κ1) is 31.1. The van der Waals surface area contributed by atoms with Gasteiger partial charge in [-0.2, -0.15) is 0 Å². The zero-order valence-corrected chi connectivity index (χ0v) is 28.9. The molecular weight excluding hydrogens is 615 g/mol. The molecule has 9 rings (SSSR count). The molecule has 1 aliphatic carbocycles. The Hall–Kier alpha value is -5.92. The highest BCUT2D eigenvalue weighted by Crippen LogP contribution is 2.48. The van der Waals surface area contributed by atoms with Gasteiger partial charge in [0.2, 0.25) is 0 Å². The second-order valence-corrected chi connectivity index (χ2v) is 13.9. The first-order valence-electron chi connectivity index (χ1n) is 18.5. The molecule has 8 aromatic carbocycles. The van der Waals surface area contributed by atoms with Crippen LogP contribution in [-0.4, -0.2) is 0 Å². The lowest BCUT2D eigenvalue weighted by atomic mass is 9.80. The van der Waals surface area contributed by atoms with Gasteiger partial charge in [-0.05, 0) is 92.4 Å². The Morgan fingerprint density at radius 3 is 1.82 bits per heavy atom. The topological polar surface area (TPSA) is 3.24 Å². The van der Waals surface area contributed by atoms with E-state index in [4.69, 9.17) is 0 Å². The summed E-state index contributed by atoms with van der Waals surface area (Å²) in [5.41, 5.74) is 12.3. The first-order valence-corrected chi connectivity index (χ1v) is 18.5. The molecule has 1 fully saturated rings. The third-order valence-corrected chi connectivity index (χ3v) is 10.8. The summed E-state index contributed by atoms with van der Waals surface area (Å²) in [7, 11) is 0. The summed E-state index contributed by atoms with van der Waals surface area (Å²) in [5, 5.41) is 5.18. The van der Waals surface area contributed by atoms with Crippen LogP contribution in [-0.2, 0) is 0 Å². The lowest BCUT2D eigenvalue weighted by Crippen LogP contribution is -2.13. The predicted molar refractivity (Wildman–Crippen MR) is 218 cm³/mol. The summed E-state index contributed by atoms with van der Waals surface area (Å²) < 4.78 is 0. The monoisotopic (exact) mass is 655 g/mol. The van der Waals surface area contributed by atoms with E-state index in [0.717, 1.165) is 11.4 Å². The molecule has 51 heavy (non-hydrogen) atoms. The fraction of sp³-hybridized carbons (Fsp3) is 0.120. The molecule has 0 unspecified atom stereocenters. The number of rotatable bonds is 7. The van der Waals surface area contributed by atoms with Gasteiger partial charge in [-0.25, -0.2) is 0 Å². The van der Waals surface area contributed by atoms with Crippen molar-refractivity contribution in [2.75, 3.05) is 4.90 Å². The Bertz CT molecular complexity index is 2450. The maximum absolute atomic E-state index is 2.51. The van der Waals surface area contributed by atoms with Crippen LogP contribution in [0.25, 0.3) is 54.9 Å². The number of para-hydroxylation sites is 1. The lowest BCUT2D eigenvalue weighted by molar-refractivity contribution is 0.445. The van der Waals surface area contributed by atoms with E-state index in [2.05, 4.69) is 187 Å². The highest BCUT2D eigenvalue weighted by atomic mass is 15.1. The molecule has 0 N–H and O–H groups in total. The zero-order valence-electron chi connectivity index (χ0n) is 28.9. The van der Waals surface area contributed by atoms with Crippen molar-refractivity contribution in [3.05, 3.63) is 188 Å². The molecule has 0 saturated heterocycles. The van der Waals surface area contributed by atoms with E-state index in [1.54, 1.807) is 0 Å². The van der Waals surface area contributed by atoms with Gasteiger partial charge in [0.25, 0.3) is 0 Å². The third-order valence-electron chi connectivity index (χ3n) is 10.8. The van der Waals surface area contributed by atoms with E-state index in [9.17, 15) is 0 Å². The van der Waals surface area contributed by atoms with Crippen molar-refractivity contribution < 1.29 is 0 Å². The first-order chi connectivity index (χ1) is 25.3. The average molecular weight is 656 g/mol. The second-order valence-electron chi connectivity index (χ2n) is 13.9. The Labute approximate surface area is 301 Å². The van der Waals surface area contributed by atoms with Gasteiger partial charge in [-0.3, -0.25) is 0 Å². The summed E-state index contributed by atoms with van der Waals surface area (Å²) in [6.45, 7) is 0. The second kappa shape index (κ2) is 13.8. The molecular formula is C50H41N. The van der Waals surface area contributed by atoms with Crippen LogP contribution in [0.3, 0.4) is 0 Å². The number of nitrogens with zero attached hydrogens (tertiary/aromatic N) is 1. The van der Waals surface area contributed by atoms with E-state index in [1.165, 1.54) is 98.3 Å². The van der Waals surface area contributed by atoms with Crippen LogP contribution in [0.5, 0.6) is 0 Å². The Morgan fingerprint density at radius 2 is 1.02 bits per heavy atom. The number of hydrogen-bond acceptors (Lipinski definition) is 1. The van der Waals surface area contributed by atoms with Crippen molar-refractivity contribution in [2.24, 2.45) is 0 Å². The van der Waals surface area contributed by atoms with Crippen molar-refractivity contribution in [3.63, 3.8) is 0 Å². The molecule has 1 heteroatoms. The Morgan fingerprint density at radius 1 is 0.373 bits per heavy atom. The molecule has 1 aliphatic rings. The molecule has 8 aromatic rings. The van der Waals surface area contributed by atoms with Gasteiger partial charge < -0.3 is 4.90 Å². The van der Waals surface area contributed by atoms with Gasteiger partial charge in [-0.15, -0.1) is 0 Å². The lowest BCUT2D eigenvalue weighted by Gasteiger charge is -2.31. The largest absolute Gasteiger partial charge is 0.309 e. The van der Waals surface area contributed by atoms with Crippen molar-refractivity contribution in [3.8, 4) is 33.4 Å². The molecule has 0 bridgehead atoms. The number of benzene rings is 8. The summed E-state index contributed by atoms with van der Waals surface area (Å²) in [5.74, 6) is 0.597. The smallest absolute Gasteiger partial charge is 0.0546 e. The van der Waals surface area contributed by atoms with Crippen LogP contribution in [0.4, 0.5) is 17.1 Å². The number of hydrogen-bond donors (Lipinski definition) is 0. The minimum Gasteiger partial charge on any atom is -0.309 e. The fourth-order valence-corrected chi connectivity index (χ4v) is 8.36. The highest BCUT2D eigenvalue weighted by molar-refractivity contribution is 6.05. The van der Waals surface area contributed by atoms with Crippen LogP contribution in [0.2, 0.25) is 0 Å². The summed E-state index contributed by atoms with van der Waals surface area (Å²) in [6, 6.07) is 67.1. The standard InChI is InChI=1S/C50H41N/c1-4-16-36(17-5-1)42-31-33-44(38-19-6-2-7-20-38)49(35-42)51(43-32-30-37-18-10-11-23-41(37)34-43)48-29-13-12-26-46(48)47-28-15-25-40-24-14-27-45(50(40)47)39-21-8-3-9-22-39/h1-2,4-7,10-20,23-35,39H,3,8-9,21-22H2. The van der Waals surface area contributed by atoms with Crippen LogP contribution in [0, 0.1) is 0 Å². The van der Waals surface area contributed by atoms with Gasteiger partial charge in [-0.1, -0.05) is 177 Å². The Balaban J connectivity index is 1.34. The Kier molecular flexibility index (Phi) is 8.39. The molecule has 0 radical (unpaired) electrons. The molecule has 0 aliphatic heterocycles. The van der Waals surface area contributed by atoms with Crippen molar-refractivity contribution in [1.82, 2.24) is 0 Å². The molecule has 0 spiro atoms. The summed E-state index contributed by atoms with van der Waals surface area (Å²) in [6.07, 6.45) is 6.52. The number of fused-ring (bicyclic) bond motifs is 2. The molecule has 0 amide bonds. The molecule has 246 valence electrons. The predicted octanol–water partition coefficient (Wildman–Crippen LogP) is 14.5. The van der Waals surface area contributed by atoms with E-state index < -0.39 is 0 Å². The van der Waals surface area contributed by atoms with Crippen LogP contribution >= 0.6 is 0 Å². The summed E-state index contributed by atoms with van der Waals surface area (Å²) in [4.78, 5) is 2.51. The van der Waals surface area contributed by atoms with Crippen molar-refractivity contribution >= 4 is 38.6 Å². The highest BCUT2D eigenvalue weighted by Gasteiger charge is 2.24. The summed E-state index contributed by atoms with van der Waals surface area (Å²) >= 11 is 0. The quantitative estimate of drug-likeness (QED) is 0.165. The SMILES string of the molecule is c1ccc(-c2ccc(-c3ccccc3)c(N(c3ccc4ccccc4c3)c3ccccc3-c3cccc4cccc(C5CCCCC5)c34)c2)cc1. The van der Waals surface area contributed by atoms with E-state index in [-0.39, 0.29) is 0 Å². The van der Waals surface area contributed by atoms with E-state index in [0.29, 0.717) is 5.92 Å². The fourth-order valence-electron chi connectivity index (χ4n) is 8.36. The number of anilines is 3. The van der Waals surface area contributed by atoms with E-state index >= 15 is 0 Å². The average Bonchev–Trinajstić information content (AvgIpc) is 3.21. The van der Waals surface area contributed by atoms with E-state index in [1.807, 2.05) is 0 Å². The van der Waals surface area contributed by atoms with Gasteiger partial charge in [0.1, 0.15) is 0 Å². The van der Waals surface area contributed by atoms with Crippen molar-refractivity contribution in [2.45, 2.75) is 38.0 Å². The van der Waals surface area contributed by atoms with Gasteiger partial charge in [0.05, 0.1) is 11.4 Å². The molecule has 1 saturated carbocycles. The minimum absolute atomic E-state index is 0.597. The van der Waals surface area contributed by atoms with Crippen LogP contribution < -0.4 is 4.90 Å². The van der Waals surface area contributed by atoms with Crippen molar-refractivity contribution in [1.29, 1.82) is 0 Å². The third kappa shape index (κ3) is 6.00. The van der Waals surface area contributed by atoms with Gasteiger partial charge in [0, 0.05) is 16.8 Å². The maximum Gasteiger partial charge on any atom is 0.0546 e. The van der Waals surface area contributed by atoms with Gasteiger partial charge >= 0.3 is 0 Å². The molecule has 0 aromatic heterocycles. The zero-order chi connectivity index (χ0) is 34.0. The van der Waals surface area contributed by atoms with Gasteiger partial charge in [0.15, 0.2) is 0 Å². The molecule has 0 heterocycles. The van der Waals surface area contributed by atoms with Crippen LogP contribution in [0.1, 0.15) is 43.6 Å². The normalized spacial score (nSPS) is 13.4. The van der Waals surface area contributed by atoms with Crippen LogP contribution in [0.15, 0.2) is 182 Å². The molecule has 1 nitrogen and oxygen atoms in total. The maximum atomic E-state index is 2.51. The molecule has 0 atom stereocenters. The minimum atomic E-state index is 0.597.